The molecule has 1 fully saturated rings. The lowest BCUT2D eigenvalue weighted by Gasteiger charge is -2.25. The minimum atomic E-state index is -0.270. The number of benzene rings is 2. The van der Waals surface area contributed by atoms with Gasteiger partial charge < -0.3 is 31.7 Å². The maximum atomic E-state index is 11.2. The molecule has 0 spiro atoms. The third-order valence-corrected chi connectivity index (χ3v) is 9.71. The molecule has 4 amide bonds. The molecule has 332 valence electrons. The van der Waals surface area contributed by atoms with Crippen molar-refractivity contribution in [1.82, 2.24) is 26.2 Å². The Bertz CT molecular complexity index is 1640. The predicted octanol–water partition coefficient (Wildman–Crippen LogP) is 4.99. The number of carbonyl (C=O) groups excluding carboxylic acids is 6. The van der Waals surface area contributed by atoms with E-state index in [9.17, 15) is 28.8 Å². The summed E-state index contributed by atoms with van der Waals surface area (Å²) in [6, 6.07) is 13.3. The molecule has 1 aliphatic carbocycles. The van der Waals surface area contributed by atoms with Crippen molar-refractivity contribution in [2.45, 2.75) is 104 Å². The fourth-order valence-corrected chi connectivity index (χ4v) is 5.49. The van der Waals surface area contributed by atoms with Crippen LogP contribution in [0.3, 0.4) is 0 Å². The number of allylic oxidation sites excluding steroid dienone is 1. The van der Waals surface area contributed by atoms with Gasteiger partial charge in [-0.3, -0.25) is 39.0 Å². The van der Waals surface area contributed by atoms with Crippen LogP contribution in [0.2, 0.25) is 0 Å². The van der Waals surface area contributed by atoms with Crippen molar-refractivity contribution in [3.8, 4) is 5.75 Å². The molecule has 2 aromatic rings. The average molecular weight is 836 g/mol. The van der Waals surface area contributed by atoms with Crippen molar-refractivity contribution in [3.05, 3.63) is 71.1 Å². The van der Waals surface area contributed by atoms with E-state index in [2.05, 4.69) is 62.0 Å². The van der Waals surface area contributed by atoms with Crippen LogP contribution in [-0.2, 0) is 25.7 Å². The summed E-state index contributed by atoms with van der Waals surface area (Å²) in [7, 11) is 7.09. The summed E-state index contributed by atoms with van der Waals surface area (Å²) in [6.07, 6.45) is 13.3. The minimum Gasteiger partial charge on any atom is -0.495 e. The summed E-state index contributed by atoms with van der Waals surface area (Å²) in [6.45, 7) is 11.2. The molecule has 1 aliphatic rings. The van der Waals surface area contributed by atoms with Gasteiger partial charge in [0.05, 0.1) is 19.0 Å². The monoisotopic (exact) mass is 836 g/mol. The van der Waals surface area contributed by atoms with Crippen molar-refractivity contribution >= 4 is 55.6 Å². The molecule has 3 rings (SSSR count). The highest BCUT2D eigenvalue weighted by atomic mass is 16.5. The molecule has 16 heteroatoms. The maximum Gasteiger partial charge on any atom is 0.226 e. The highest BCUT2D eigenvalue weighted by Crippen LogP contribution is 2.30. The molecule has 16 nitrogen and oxygen atoms in total. The Morgan fingerprint density at radius 1 is 0.967 bits per heavy atom. The van der Waals surface area contributed by atoms with Crippen molar-refractivity contribution < 1.29 is 33.5 Å². The molecule has 60 heavy (non-hydrogen) atoms. The predicted molar refractivity (Wildman–Crippen MR) is 240 cm³/mol. The molecule has 1 saturated carbocycles. The summed E-state index contributed by atoms with van der Waals surface area (Å²) in [5, 5.41) is 13.5. The molecule has 0 saturated heterocycles. The zero-order valence-electron chi connectivity index (χ0n) is 36.6. The SMILES string of the molecule is C=NC(=N/C=C(/NC=O)C1CCCC1)Nc1ccc(C=O)cc1OC.CC(CCC(=O)NC=O)N(C)Cc1ccccc1C=O.CCC(C)NC.CNC(=O)CCCCN. The highest BCUT2D eigenvalue weighted by molar-refractivity contribution is 5.98. The van der Waals surface area contributed by atoms with Crippen LogP contribution in [0.5, 0.6) is 5.75 Å². The fourth-order valence-electron chi connectivity index (χ4n) is 5.49. The van der Waals surface area contributed by atoms with Crippen molar-refractivity contribution in [3.63, 3.8) is 0 Å². The van der Waals surface area contributed by atoms with Gasteiger partial charge in [0.2, 0.25) is 30.6 Å². The van der Waals surface area contributed by atoms with Crippen LogP contribution < -0.4 is 37.1 Å². The lowest BCUT2D eigenvalue weighted by atomic mass is 10.1. The van der Waals surface area contributed by atoms with E-state index in [0.29, 0.717) is 79.7 Å². The second-order valence-electron chi connectivity index (χ2n) is 14.0. The Kier molecular flexibility index (Phi) is 31.1. The zero-order valence-corrected chi connectivity index (χ0v) is 36.6. The Morgan fingerprint density at radius 3 is 2.18 bits per heavy atom. The number of unbranched alkanes of at least 4 members (excludes halogenated alkanes) is 1. The highest BCUT2D eigenvalue weighted by Gasteiger charge is 2.19. The van der Waals surface area contributed by atoms with E-state index in [1.54, 1.807) is 37.5 Å². The van der Waals surface area contributed by atoms with E-state index in [1.807, 2.05) is 39.2 Å². The number of ether oxygens (including phenoxy) is 1. The number of hydrogen-bond acceptors (Lipinski definition) is 11. The number of guanidine groups is 1. The topological polar surface area (TPSA) is 226 Å². The van der Waals surface area contributed by atoms with Crippen LogP contribution >= 0.6 is 0 Å². The van der Waals surface area contributed by atoms with Crippen LogP contribution in [0.15, 0.2) is 64.3 Å². The number of nitrogens with zero attached hydrogens (tertiary/aromatic N) is 3. The Hall–Kier alpha value is -5.58. The van der Waals surface area contributed by atoms with Crippen molar-refractivity contribution in [2.24, 2.45) is 21.6 Å². The van der Waals surface area contributed by atoms with Gasteiger partial charge in [-0.25, -0.2) is 9.98 Å². The molecule has 0 heterocycles. The van der Waals surface area contributed by atoms with Gasteiger partial charge in [-0.15, -0.1) is 0 Å². The van der Waals surface area contributed by atoms with Gasteiger partial charge in [-0.2, -0.15) is 0 Å². The van der Waals surface area contributed by atoms with Crippen LogP contribution in [0.4, 0.5) is 5.69 Å². The second-order valence-corrected chi connectivity index (χ2v) is 14.0. The third-order valence-electron chi connectivity index (χ3n) is 9.71. The standard InChI is InChI=1S/C18H22N4O3.C15H20N2O3.C6H14N2O.C5H13N/c1-19-18(20-10-16(21-12-24)14-5-3-4-6-14)22-15-8-7-13(11-23)9-17(15)25-2;1-12(7-8-15(20)16-11-19)17(2)9-13-5-3-4-6-14(13)10-18;1-8-6(9)4-2-3-5-7;1-4-5(2)6-3/h7-12,14H,1,3-6H2,2H3,(H,20,22)(H,21,24);3-6,10-12H,7-9H2,1-2H3,(H,16,19,20);2-5,7H2,1H3,(H,8,9);5-6H,4H2,1-3H3/b16-10+;;;. The van der Waals surface area contributed by atoms with E-state index in [0.717, 1.165) is 62.4 Å². The molecule has 0 bridgehead atoms. The van der Waals surface area contributed by atoms with Gasteiger partial charge in [0.25, 0.3) is 0 Å². The number of aliphatic imine (C=N–C) groups is 2. The number of nitrogens with two attached hydrogens (primary N) is 1. The zero-order chi connectivity index (χ0) is 45.1. The van der Waals surface area contributed by atoms with E-state index < -0.39 is 0 Å². The number of methoxy groups -OCH3 is 1. The molecule has 2 aromatic carbocycles. The smallest absolute Gasteiger partial charge is 0.226 e. The first-order valence-electron chi connectivity index (χ1n) is 20.3. The summed E-state index contributed by atoms with van der Waals surface area (Å²) in [5.74, 6) is 0.894. The van der Waals surface area contributed by atoms with Crippen LogP contribution in [0.1, 0.15) is 111 Å². The van der Waals surface area contributed by atoms with Crippen molar-refractivity contribution in [2.75, 3.05) is 40.1 Å². The molecule has 2 unspecified atom stereocenters. The first kappa shape index (κ1) is 54.4. The number of anilines is 1. The number of rotatable bonds is 21. The molecule has 7 N–H and O–H groups in total. The van der Waals surface area contributed by atoms with Crippen LogP contribution in [-0.4, -0.2) is 102 Å². The molecule has 0 radical (unpaired) electrons. The quantitative estimate of drug-likeness (QED) is 0.0425. The van der Waals surface area contributed by atoms with E-state index >= 15 is 0 Å². The second kappa shape index (κ2) is 34.3. The van der Waals surface area contributed by atoms with E-state index in [-0.39, 0.29) is 23.8 Å². The summed E-state index contributed by atoms with van der Waals surface area (Å²) in [4.78, 5) is 74.8. The van der Waals surface area contributed by atoms with Gasteiger partial charge in [0.1, 0.15) is 18.3 Å². The molecule has 0 aromatic heterocycles. The first-order valence-corrected chi connectivity index (χ1v) is 20.3. The Balaban J connectivity index is 0.000000880. The summed E-state index contributed by atoms with van der Waals surface area (Å²) < 4.78 is 5.27. The Morgan fingerprint density at radius 2 is 1.65 bits per heavy atom. The number of imide groups is 1. The largest absolute Gasteiger partial charge is 0.495 e. The van der Waals surface area contributed by atoms with E-state index in [4.69, 9.17) is 10.5 Å². The van der Waals surface area contributed by atoms with E-state index in [1.165, 1.54) is 13.5 Å². The Labute approximate surface area is 356 Å². The lowest BCUT2D eigenvalue weighted by molar-refractivity contribution is -0.125. The van der Waals surface area contributed by atoms with Gasteiger partial charge in [0, 0.05) is 61.3 Å². The van der Waals surface area contributed by atoms with Gasteiger partial charge in [-0.1, -0.05) is 44.0 Å². The fraction of sp³-hybridized carbons (Fsp3) is 0.500. The van der Waals surface area contributed by atoms with Gasteiger partial charge >= 0.3 is 0 Å². The minimum absolute atomic E-state index is 0.100. The third kappa shape index (κ3) is 23.7. The number of aldehydes is 2. The maximum absolute atomic E-state index is 11.2. The molecule has 2 atom stereocenters. The molecule has 0 aliphatic heterocycles. The summed E-state index contributed by atoms with van der Waals surface area (Å²) >= 11 is 0. The average Bonchev–Trinajstić information content (AvgIpc) is 3.82. The van der Waals surface area contributed by atoms with Crippen molar-refractivity contribution in [1.29, 1.82) is 0 Å². The van der Waals surface area contributed by atoms with Crippen LogP contribution in [0.25, 0.3) is 0 Å². The normalized spacial score (nSPS) is 13.3. The summed E-state index contributed by atoms with van der Waals surface area (Å²) in [5.41, 5.74) is 8.77. The number of carbonyl (C=O) groups is 6. The number of hydrogen-bond donors (Lipinski definition) is 6. The van der Waals surface area contributed by atoms with Crippen LogP contribution in [0, 0.1) is 5.92 Å². The van der Waals surface area contributed by atoms with Gasteiger partial charge in [-0.05, 0) is 103 Å². The molecular weight excluding hydrogens is 767 g/mol. The lowest BCUT2D eigenvalue weighted by Crippen LogP contribution is -2.31. The number of nitrogens with one attached hydrogen (secondary N) is 5. The number of amides is 4. The first-order chi connectivity index (χ1) is 28.9. The van der Waals surface area contributed by atoms with Gasteiger partial charge in [0.15, 0.2) is 0 Å². The molecular formula is C44H69N9O7.